The van der Waals surface area contributed by atoms with Gasteiger partial charge < -0.3 is 10.4 Å². The zero-order valence-electron chi connectivity index (χ0n) is 27.7. The molecular weight excluding hydrogens is 759 g/mol. The number of hydrogen-bond acceptors (Lipinski definition) is 3. The van der Waals surface area contributed by atoms with Crippen LogP contribution in [0, 0.1) is 13.8 Å². The van der Waals surface area contributed by atoms with Crippen molar-refractivity contribution in [3.8, 4) is 17.0 Å². The number of nitrogens with zero attached hydrogens (tertiary/aromatic N) is 2. The molecule has 0 spiro atoms. The molecule has 0 radical (unpaired) electrons. The van der Waals surface area contributed by atoms with Gasteiger partial charge in [-0.2, -0.15) is 49.2 Å². The van der Waals surface area contributed by atoms with Crippen LogP contribution in [0.25, 0.3) is 16.6 Å². The first kappa shape index (κ1) is 37.4. The van der Waals surface area contributed by atoms with Crippen molar-refractivity contribution in [2.45, 2.75) is 45.6 Å². The summed E-state index contributed by atoms with van der Waals surface area (Å²) in [6.45, 7) is 16.3. The Balaban J connectivity index is 0.000000329. The molecule has 6 rings (SSSR count). The standard InChI is InChI=1S/C28H29N2OS.2C7H7.Hf/c1-18(2)21-14-10-15-22(19(3)4)27(21)30-26(20-11-6-5-7-12-20)28-29-24(17-32-28)23-13-8-9-16-25(23)31;2*1-7-5-3-2-4-6-7;/h5-19,26,31H,1-4H3;2*2-6H,1H2;/q3*-1;. The summed E-state index contributed by atoms with van der Waals surface area (Å²) < 4.78 is 0. The maximum Gasteiger partial charge on any atom is 0.125 e. The van der Waals surface area contributed by atoms with Crippen molar-refractivity contribution in [1.82, 2.24) is 4.98 Å². The quantitative estimate of drug-likeness (QED) is 0.129. The fraction of sp³-hybridized carbons (Fsp3) is 0.167. The van der Waals surface area contributed by atoms with Crippen molar-refractivity contribution in [2.75, 3.05) is 0 Å². The van der Waals surface area contributed by atoms with Crippen LogP contribution in [-0.4, -0.2) is 10.1 Å². The molecule has 0 aliphatic rings. The molecule has 0 saturated carbocycles. The Morgan fingerprint density at radius 2 is 1.09 bits per heavy atom. The van der Waals surface area contributed by atoms with Gasteiger partial charge in [-0.15, -0.1) is 41.3 Å². The monoisotopic (exact) mass is 803 g/mol. The van der Waals surface area contributed by atoms with Crippen LogP contribution >= 0.6 is 11.3 Å². The third-order valence-corrected chi connectivity index (χ3v) is 8.23. The van der Waals surface area contributed by atoms with Gasteiger partial charge in [0.2, 0.25) is 0 Å². The van der Waals surface area contributed by atoms with Crippen LogP contribution in [0.3, 0.4) is 0 Å². The van der Waals surface area contributed by atoms with E-state index in [2.05, 4.69) is 71.9 Å². The van der Waals surface area contributed by atoms with Gasteiger partial charge >= 0.3 is 0 Å². The van der Waals surface area contributed by atoms with Crippen molar-refractivity contribution in [3.05, 3.63) is 191 Å². The van der Waals surface area contributed by atoms with Gasteiger partial charge in [-0.1, -0.05) is 117 Å². The van der Waals surface area contributed by atoms with Crippen molar-refractivity contribution in [1.29, 1.82) is 0 Å². The second-order valence-electron chi connectivity index (χ2n) is 11.6. The predicted molar refractivity (Wildman–Crippen MR) is 197 cm³/mol. The molecule has 0 fully saturated rings. The molecule has 1 aromatic heterocycles. The summed E-state index contributed by atoms with van der Waals surface area (Å²) in [4.78, 5) is 4.93. The summed E-state index contributed by atoms with van der Waals surface area (Å²) in [6.07, 6.45) is 0. The Hall–Kier alpha value is -4.06. The van der Waals surface area contributed by atoms with E-state index in [-0.39, 0.29) is 37.6 Å². The molecule has 3 nitrogen and oxygen atoms in total. The summed E-state index contributed by atoms with van der Waals surface area (Å²) in [5.74, 6) is 0.985. The Kier molecular flexibility index (Phi) is 15.1. The van der Waals surface area contributed by atoms with Crippen LogP contribution in [0.5, 0.6) is 5.75 Å². The molecule has 1 atom stereocenters. The normalized spacial score (nSPS) is 10.9. The van der Waals surface area contributed by atoms with E-state index in [0.717, 1.165) is 38.6 Å². The first-order valence-corrected chi connectivity index (χ1v) is 16.5. The minimum absolute atomic E-state index is 0. The van der Waals surface area contributed by atoms with Crippen molar-refractivity contribution < 1.29 is 30.9 Å². The predicted octanol–water partition coefficient (Wildman–Crippen LogP) is 12.3. The number of phenolic OH excluding ortho intramolecular Hbond substituents is 1. The molecule has 0 aliphatic carbocycles. The summed E-state index contributed by atoms with van der Waals surface area (Å²) in [7, 11) is 0. The summed E-state index contributed by atoms with van der Waals surface area (Å²) >= 11 is 1.59. The van der Waals surface area contributed by atoms with Gasteiger partial charge in [0, 0.05) is 36.8 Å². The van der Waals surface area contributed by atoms with Crippen LogP contribution in [0.1, 0.15) is 78.4 Å². The fourth-order valence-corrected chi connectivity index (χ4v) is 5.76. The molecule has 0 amide bonds. The molecule has 240 valence electrons. The van der Waals surface area contributed by atoms with Crippen molar-refractivity contribution >= 4 is 17.0 Å². The van der Waals surface area contributed by atoms with E-state index in [0.29, 0.717) is 11.8 Å². The third-order valence-electron chi connectivity index (χ3n) is 7.34. The summed E-state index contributed by atoms with van der Waals surface area (Å²) in [6, 6.07) is 43.7. The number of benzene rings is 5. The molecule has 0 saturated heterocycles. The second kappa shape index (κ2) is 18.9. The number of para-hydroxylation sites is 2. The Labute approximate surface area is 304 Å². The summed E-state index contributed by atoms with van der Waals surface area (Å²) in [5.41, 5.74) is 8.37. The number of phenols is 1. The molecule has 5 heteroatoms. The van der Waals surface area contributed by atoms with Gasteiger partial charge in [-0.05, 0) is 30.0 Å². The number of hydrogen-bond donors (Lipinski definition) is 1. The van der Waals surface area contributed by atoms with E-state index < -0.39 is 0 Å². The van der Waals surface area contributed by atoms with E-state index in [4.69, 9.17) is 10.3 Å². The maximum atomic E-state index is 10.3. The van der Waals surface area contributed by atoms with Crippen LogP contribution in [-0.2, 0) is 25.8 Å². The van der Waals surface area contributed by atoms with Gasteiger partial charge in [-0.25, -0.2) is 4.98 Å². The molecule has 1 N–H and O–H groups in total. The number of aromatic hydroxyl groups is 1. The topological polar surface area (TPSA) is 47.2 Å². The second-order valence-corrected chi connectivity index (χ2v) is 12.5. The molecular formula is C42H43HfN2OS-3. The van der Waals surface area contributed by atoms with Gasteiger partial charge in [-0.3, -0.25) is 0 Å². The van der Waals surface area contributed by atoms with E-state index in [9.17, 15) is 5.11 Å². The van der Waals surface area contributed by atoms with Crippen LogP contribution in [0.2, 0.25) is 0 Å². The molecule has 1 heterocycles. The molecule has 47 heavy (non-hydrogen) atoms. The minimum Gasteiger partial charge on any atom is -0.672 e. The zero-order chi connectivity index (χ0) is 32.9. The van der Waals surface area contributed by atoms with Gasteiger partial charge in [0.1, 0.15) is 5.75 Å². The van der Waals surface area contributed by atoms with Gasteiger partial charge in [0.25, 0.3) is 0 Å². The zero-order valence-corrected chi connectivity index (χ0v) is 32.1. The first-order valence-electron chi connectivity index (χ1n) is 15.6. The molecule has 0 aliphatic heterocycles. The molecule has 0 bridgehead atoms. The Bertz CT molecular complexity index is 1690. The average molecular weight is 802 g/mol. The average Bonchev–Trinajstić information content (AvgIpc) is 3.55. The smallest absolute Gasteiger partial charge is 0.125 e. The number of rotatable bonds is 7. The van der Waals surface area contributed by atoms with E-state index in [1.165, 1.54) is 11.1 Å². The number of aromatic nitrogens is 1. The van der Waals surface area contributed by atoms with Crippen molar-refractivity contribution in [2.24, 2.45) is 0 Å². The van der Waals surface area contributed by atoms with Crippen LogP contribution in [0.4, 0.5) is 5.69 Å². The molecule has 5 aromatic carbocycles. The Morgan fingerprint density at radius 3 is 1.53 bits per heavy atom. The Morgan fingerprint density at radius 1 is 0.617 bits per heavy atom. The van der Waals surface area contributed by atoms with Gasteiger partial charge in [0.05, 0.1) is 10.7 Å². The van der Waals surface area contributed by atoms with Gasteiger partial charge in [0.15, 0.2) is 0 Å². The first-order chi connectivity index (χ1) is 22.2. The largest absolute Gasteiger partial charge is 0.672 e. The third kappa shape index (κ3) is 11.0. The number of thiazole rings is 1. The van der Waals surface area contributed by atoms with E-state index in [1.807, 2.05) is 102 Å². The minimum atomic E-state index is -0.210. The van der Waals surface area contributed by atoms with Crippen molar-refractivity contribution in [3.63, 3.8) is 0 Å². The summed E-state index contributed by atoms with van der Waals surface area (Å²) in [5, 5.41) is 18.6. The van der Waals surface area contributed by atoms with Crippen LogP contribution < -0.4 is 0 Å². The van der Waals surface area contributed by atoms with Crippen LogP contribution in [0.15, 0.2) is 139 Å². The maximum absolute atomic E-state index is 10.3. The fourth-order valence-electron chi connectivity index (χ4n) is 4.88. The SMILES string of the molecule is CC(C)c1cccc(C(C)C)c1[N-]C(c1ccccc1)c1nc(-c2ccccc2O)cs1.[CH2-]c1ccccc1.[CH2-]c1ccccc1.[Hf]. The molecule has 1 unspecified atom stereocenters. The van der Waals surface area contributed by atoms with E-state index in [1.54, 1.807) is 17.4 Å². The van der Waals surface area contributed by atoms with E-state index >= 15 is 0 Å². The molecule has 6 aromatic rings.